The highest BCUT2D eigenvalue weighted by molar-refractivity contribution is 5.41. The molecule has 1 heteroatoms. The fourth-order valence-electron chi connectivity index (χ4n) is 1.61. The standard InChI is InChI=1S/C18H16O/c1-15-7-6-8-17(13-15)12-11-16(2)14-19-18-9-4-3-5-10-18/h3-10,13H,2,14H2,1H3. The molecule has 0 aliphatic heterocycles. The maximum Gasteiger partial charge on any atom is 0.120 e. The molecule has 19 heavy (non-hydrogen) atoms. The van der Waals surface area contributed by atoms with Gasteiger partial charge in [0.05, 0.1) is 0 Å². The molecular weight excluding hydrogens is 232 g/mol. The van der Waals surface area contributed by atoms with Gasteiger partial charge in [0.2, 0.25) is 0 Å². The minimum Gasteiger partial charge on any atom is -0.488 e. The summed E-state index contributed by atoms with van der Waals surface area (Å²) in [6, 6.07) is 17.8. The summed E-state index contributed by atoms with van der Waals surface area (Å²) in [7, 11) is 0. The van der Waals surface area contributed by atoms with Crippen LogP contribution in [0, 0.1) is 18.8 Å². The molecule has 0 N–H and O–H groups in total. The van der Waals surface area contributed by atoms with Crippen LogP contribution in [0.5, 0.6) is 5.75 Å². The molecular formula is C18H16O. The van der Waals surface area contributed by atoms with E-state index < -0.39 is 0 Å². The lowest BCUT2D eigenvalue weighted by molar-refractivity contribution is 0.357. The molecule has 0 unspecified atom stereocenters. The number of rotatable bonds is 3. The van der Waals surface area contributed by atoms with E-state index >= 15 is 0 Å². The predicted octanol–water partition coefficient (Wildman–Crippen LogP) is 3.98. The van der Waals surface area contributed by atoms with Crippen LogP contribution in [0.3, 0.4) is 0 Å². The first kappa shape index (κ1) is 13.0. The number of ether oxygens (including phenoxy) is 1. The van der Waals surface area contributed by atoms with Gasteiger partial charge in [0.15, 0.2) is 0 Å². The Morgan fingerprint density at radius 2 is 1.89 bits per heavy atom. The predicted molar refractivity (Wildman–Crippen MR) is 79.1 cm³/mol. The van der Waals surface area contributed by atoms with Crippen LogP contribution in [-0.4, -0.2) is 6.61 Å². The molecule has 0 aliphatic rings. The van der Waals surface area contributed by atoms with Gasteiger partial charge in [-0.3, -0.25) is 0 Å². The second-order valence-electron chi connectivity index (χ2n) is 4.32. The van der Waals surface area contributed by atoms with E-state index in [1.807, 2.05) is 42.5 Å². The molecule has 0 amide bonds. The number of para-hydroxylation sites is 1. The third kappa shape index (κ3) is 4.37. The van der Waals surface area contributed by atoms with Crippen molar-refractivity contribution in [3.63, 3.8) is 0 Å². The van der Waals surface area contributed by atoms with Crippen molar-refractivity contribution in [2.24, 2.45) is 0 Å². The van der Waals surface area contributed by atoms with E-state index in [0.29, 0.717) is 6.61 Å². The van der Waals surface area contributed by atoms with Gasteiger partial charge in [0, 0.05) is 11.1 Å². The van der Waals surface area contributed by atoms with Gasteiger partial charge in [-0.2, -0.15) is 0 Å². The minimum atomic E-state index is 0.419. The quantitative estimate of drug-likeness (QED) is 0.746. The molecule has 94 valence electrons. The Hall–Kier alpha value is -2.46. The van der Waals surface area contributed by atoms with Gasteiger partial charge in [-0.05, 0) is 36.8 Å². The van der Waals surface area contributed by atoms with Crippen LogP contribution in [0.2, 0.25) is 0 Å². The average Bonchev–Trinajstić information content (AvgIpc) is 2.44. The molecule has 0 radical (unpaired) electrons. The van der Waals surface area contributed by atoms with Crippen molar-refractivity contribution in [1.82, 2.24) is 0 Å². The molecule has 2 aromatic carbocycles. The lowest BCUT2D eigenvalue weighted by Crippen LogP contribution is -1.98. The lowest BCUT2D eigenvalue weighted by Gasteiger charge is -2.03. The summed E-state index contributed by atoms with van der Waals surface area (Å²) in [4.78, 5) is 0. The Bertz CT molecular complexity index is 615. The largest absolute Gasteiger partial charge is 0.488 e. The summed E-state index contributed by atoms with van der Waals surface area (Å²) >= 11 is 0. The van der Waals surface area contributed by atoms with Crippen molar-refractivity contribution in [3.8, 4) is 17.6 Å². The van der Waals surface area contributed by atoms with Gasteiger partial charge < -0.3 is 4.74 Å². The molecule has 0 saturated carbocycles. The first-order valence-electron chi connectivity index (χ1n) is 6.18. The summed E-state index contributed by atoms with van der Waals surface area (Å²) in [5.41, 5.74) is 2.98. The number of hydrogen-bond donors (Lipinski definition) is 0. The maximum absolute atomic E-state index is 5.58. The van der Waals surface area contributed by atoms with Crippen LogP contribution in [-0.2, 0) is 0 Å². The first-order chi connectivity index (χ1) is 9.24. The summed E-state index contributed by atoms with van der Waals surface area (Å²) in [5.74, 6) is 6.95. The molecule has 0 spiro atoms. The summed E-state index contributed by atoms with van der Waals surface area (Å²) in [5, 5.41) is 0. The molecule has 0 saturated heterocycles. The molecule has 0 aliphatic carbocycles. The first-order valence-corrected chi connectivity index (χ1v) is 6.18. The summed E-state index contributed by atoms with van der Waals surface area (Å²) in [6.07, 6.45) is 0. The van der Waals surface area contributed by atoms with E-state index in [4.69, 9.17) is 4.74 Å². The Morgan fingerprint density at radius 3 is 2.63 bits per heavy atom. The van der Waals surface area contributed by atoms with E-state index in [-0.39, 0.29) is 0 Å². The zero-order valence-electron chi connectivity index (χ0n) is 11.0. The third-order valence-corrected chi connectivity index (χ3v) is 2.56. The zero-order chi connectivity index (χ0) is 13.5. The topological polar surface area (TPSA) is 9.23 Å². The molecule has 0 bridgehead atoms. The highest BCUT2D eigenvalue weighted by atomic mass is 16.5. The highest BCUT2D eigenvalue weighted by Crippen LogP contribution is 2.09. The van der Waals surface area contributed by atoms with Crippen LogP contribution < -0.4 is 4.74 Å². The Labute approximate surface area is 114 Å². The van der Waals surface area contributed by atoms with E-state index in [2.05, 4.69) is 37.5 Å². The van der Waals surface area contributed by atoms with E-state index in [0.717, 1.165) is 16.9 Å². The Morgan fingerprint density at radius 1 is 1.11 bits per heavy atom. The van der Waals surface area contributed by atoms with Crippen LogP contribution in [0.25, 0.3) is 0 Å². The number of hydrogen-bond acceptors (Lipinski definition) is 1. The van der Waals surface area contributed by atoms with Gasteiger partial charge in [-0.25, -0.2) is 0 Å². The van der Waals surface area contributed by atoms with Crippen molar-refractivity contribution >= 4 is 0 Å². The van der Waals surface area contributed by atoms with Gasteiger partial charge >= 0.3 is 0 Å². The summed E-state index contributed by atoms with van der Waals surface area (Å²) in [6.45, 7) is 6.38. The minimum absolute atomic E-state index is 0.419. The summed E-state index contributed by atoms with van der Waals surface area (Å²) < 4.78 is 5.58. The number of benzene rings is 2. The fraction of sp³-hybridized carbons (Fsp3) is 0.111. The molecule has 0 fully saturated rings. The van der Waals surface area contributed by atoms with Gasteiger partial charge in [-0.15, -0.1) is 0 Å². The van der Waals surface area contributed by atoms with Crippen molar-refractivity contribution in [2.45, 2.75) is 6.92 Å². The monoisotopic (exact) mass is 248 g/mol. The van der Waals surface area contributed by atoms with Crippen molar-refractivity contribution in [3.05, 3.63) is 77.9 Å². The maximum atomic E-state index is 5.58. The lowest BCUT2D eigenvalue weighted by atomic mass is 10.1. The van der Waals surface area contributed by atoms with Crippen LogP contribution >= 0.6 is 0 Å². The average molecular weight is 248 g/mol. The normalized spacial score (nSPS) is 9.32. The molecule has 2 aromatic rings. The molecule has 0 aromatic heterocycles. The Kier molecular flexibility index (Phi) is 4.42. The Balaban J connectivity index is 1.92. The molecule has 0 heterocycles. The van der Waals surface area contributed by atoms with Crippen molar-refractivity contribution in [1.29, 1.82) is 0 Å². The van der Waals surface area contributed by atoms with E-state index in [9.17, 15) is 0 Å². The molecule has 0 atom stereocenters. The van der Waals surface area contributed by atoms with E-state index in [1.54, 1.807) is 0 Å². The second kappa shape index (κ2) is 6.47. The zero-order valence-corrected chi connectivity index (χ0v) is 11.0. The fourth-order valence-corrected chi connectivity index (χ4v) is 1.61. The van der Waals surface area contributed by atoms with Gasteiger partial charge in [0.25, 0.3) is 0 Å². The van der Waals surface area contributed by atoms with E-state index in [1.165, 1.54) is 5.56 Å². The van der Waals surface area contributed by atoms with Crippen LogP contribution in [0.4, 0.5) is 0 Å². The molecule has 1 nitrogen and oxygen atoms in total. The highest BCUT2D eigenvalue weighted by Gasteiger charge is 1.93. The van der Waals surface area contributed by atoms with Gasteiger partial charge in [-0.1, -0.05) is 48.8 Å². The smallest absolute Gasteiger partial charge is 0.120 e. The third-order valence-electron chi connectivity index (χ3n) is 2.56. The second-order valence-corrected chi connectivity index (χ2v) is 4.32. The van der Waals surface area contributed by atoms with Crippen LogP contribution in [0.1, 0.15) is 11.1 Å². The van der Waals surface area contributed by atoms with Crippen molar-refractivity contribution < 1.29 is 4.74 Å². The van der Waals surface area contributed by atoms with Crippen LogP contribution in [0.15, 0.2) is 66.7 Å². The molecule has 2 rings (SSSR count). The SMILES string of the molecule is C=C(C#Cc1cccc(C)c1)COc1ccccc1. The van der Waals surface area contributed by atoms with Gasteiger partial charge in [0.1, 0.15) is 12.4 Å². The number of aryl methyl sites for hydroxylation is 1. The van der Waals surface area contributed by atoms with Crippen molar-refractivity contribution in [2.75, 3.05) is 6.61 Å².